The van der Waals surface area contributed by atoms with Crippen LogP contribution in [0.15, 0.2) is 45.9 Å². The lowest BCUT2D eigenvalue weighted by molar-refractivity contribution is 0.0517. The van der Waals surface area contributed by atoms with Crippen LogP contribution in [0.3, 0.4) is 0 Å². The summed E-state index contributed by atoms with van der Waals surface area (Å²) >= 11 is 5.20. The van der Waals surface area contributed by atoms with Crippen molar-refractivity contribution in [1.82, 2.24) is 19.2 Å². The molecule has 1 N–H and O–H groups in total. The zero-order valence-electron chi connectivity index (χ0n) is 18.3. The van der Waals surface area contributed by atoms with Crippen molar-refractivity contribution >= 4 is 39.3 Å². The highest BCUT2D eigenvalue weighted by Crippen LogP contribution is 2.34. The molecule has 0 radical (unpaired) electrons. The Morgan fingerprint density at radius 1 is 1.22 bits per heavy atom. The van der Waals surface area contributed by atoms with E-state index in [0.717, 1.165) is 41.1 Å². The number of ether oxygens (including phenoxy) is 1. The molecule has 9 heteroatoms. The van der Waals surface area contributed by atoms with E-state index in [1.807, 2.05) is 36.5 Å². The van der Waals surface area contributed by atoms with Gasteiger partial charge in [-0.2, -0.15) is 0 Å². The Labute approximate surface area is 200 Å². The second-order valence-corrected chi connectivity index (χ2v) is 9.71. The highest BCUT2D eigenvalue weighted by atomic mass is 79.9. The summed E-state index contributed by atoms with van der Waals surface area (Å²) in [5.41, 5.74) is 2.11. The first-order valence-corrected chi connectivity index (χ1v) is 12.4. The Morgan fingerprint density at radius 3 is 2.62 bits per heavy atom. The van der Waals surface area contributed by atoms with Crippen LogP contribution >= 0.6 is 27.7 Å². The number of imidazole rings is 1. The van der Waals surface area contributed by atoms with Gasteiger partial charge in [0.2, 0.25) is 0 Å². The van der Waals surface area contributed by atoms with Crippen molar-refractivity contribution in [2.75, 3.05) is 39.8 Å². The van der Waals surface area contributed by atoms with Crippen LogP contribution in [-0.2, 0) is 17.0 Å². The normalized spacial score (nSPS) is 15.3. The average Bonchev–Trinajstić information content (AvgIpc) is 3.16. The minimum Gasteiger partial charge on any atom is -0.504 e. The maximum Gasteiger partial charge on any atom is 0.357 e. The van der Waals surface area contributed by atoms with E-state index >= 15 is 0 Å². The van der Waals surface area contributed by atoms with Crippen molar-refractivity contribution in [3.05, 3.63) is 58.0 Å². The smallest absolute Gasteiger partial charge is 0.357 e. The number of hydrogen-bond acceptors (Lipinski definition) is 7. The molecule has 0 atom stereocenters. The highest BCUT2D eigenvalue weighted by molar-refractivity contribution is 9.10. The summed E-state index contributed by atoms with van der Waals surface area (Å²) in [6.45, 7) is 6.54. The van der Waals surface area contributed by atoms with E-state index in [4.69, 9.17) is 4.74 Å². The molecule has 1 aromatic carbocycles. The molecule has 170 valence electrons. The summed E-state index contributed by atoms with van der Waals surface area (Å²) in [6.07, 6.45) is 1.82. The van der Waals surface area contributed by atoms with Gasteiger partial charge in [-0.05, 0) is 42.0 Å². The fourth-order valence-corrected chi connectivity index (χ4v) is 5.15. The monoisotopic (exact) mass is 518 g/mol. The molecule has 0 saturated carbocycles. The third kappa shape index (κ3) is 4.96. The van der Waals surface area contributed by atoms with Gasteiger partial charge in [-0.1, -0.05) is 18.2 Å². The maximum absolute atomic E-state index is 12.8. The van der Waals surface area contributed by atoms with Gasteiger partial charge in [0.1, 0.15) is 0 Å². The van der Waals surface area contributed by atoms with Crippen molar-refractivity contribution in [1.29, 1.82) is 0 Å². The molecular formula is C23H27BrN4O3S. The van der Waals surface area contributed by atoms with Gasteiger partial charge in [0.05, 0.1) is 12.3 Å². The molecule has 1 fully saturated rings. The number of rotatable bonds is 7. The van der Waals surface area contributed by atoms with Crippen molar-refractivity contribution < 1.29 is 14.6 Å². The second-order valence-electron chi connectivity index (χ2n) is 7.81. The number of thioether (sulfide) groups is 1. The molecule has 0 amide bonds. The number of aromatic hydroxyl groups is 1. The van der Waals surface area contributed by atoms with Gasteiger partial charge in [0.25, 0.3) is 0 Å². The molecule has 0 aliphatic carbocycles. The van der Waals surface area contributed by atoms with Gasteiger partial charge in [0.15, 0.2) is 17.1 Å². The summed E-state index contributed by atoms with van der Waals surface area (Å²) in [6, 6.07) is 9.97. The van der Waals surface area contributed by atoms with E-state index in [9.17, 15) is 9.90 Å². The van der Waals surface area contributed by atoms with Gasteiger partial charge in [0, 0.05) is 59.6 Å². The van der Waals surface area contributed by atoms with Gasteiger partial charge >= 0.3 is 5.97 Å². The van der Waals surface area contributed by atoms with Crippen LogP contribution in [0.25, 0.3) is 5.65 Å². The Morgan fingerprint density at radius 2 is 1.94 bits per heavy atom. The van der Waals surface area contributed by atoms with Crippen LogP contribution in [0.5, 0.6) is 5.75 Å². The summed E-state index contributed by atoms with van der Waals surface area (Å²) in [5.74, 6) is 0.145. The number of likely N-dealkylation sites (N-methyl/N-ethyl adjacent to an activating group) is 1. The fraction of sp³-hybridized carbons (Fsp3) is 0.391. The first-order valence-electron chi connectivity index (χ1n) is 10.6. The van der Waals surface area contributed by atoms with Gasteiger partial charge < -0.3 is 14.7 Å². The van der Waals surface area contributed by atoms with E-state index in [1.54, 1.807) is 23.1 Å². The second kappa shape index (κ2) is 10.2. The lowest BCUT2D eigenvalue weighted by Crippen LogP contribution is -2.43. The van der Waals surface area contributed by atoms with Crippen LogP contribution in [0, 0.1) is 0 Å². The largest absolute Gasteiger partial charge is 0.504 e. The third-order valence-electron chi connectivity index (χ3n) is 5.58. The number of halogens is 1. The number of carbonyl (C=O) groups excluding carboxylic acids is 1. The highest BCUT2D eigenvalue weighted by Gasteiger charge is 2.26. The SMILES string of the molecule is CCOC(=O)c1c(CSc2ccccc2)nc2c(O)c(CN3CCN(C)CC3)c(Br)cn12. The molecule has 2 aromatic heterocycles. The Kier molecular flexibility index (Phi) is 7.40. The molecule has 1 saturated heterocycles. The van der Waals surface area contributed by atoms with Crippen LogP contribution in [0.2, 0.25) is 0 Å². The quantitative estimate of drug-likeness (QED) is 0.374. The van der Waals surface area contributed by atoms with Crippen LogP contribution < -0.4 is 0 Å². The standard InChI is InChI=1S/C23H27BrN4O3S/c1-3-31-23(30)20-19(15-32-16-7-5-4-6-8-16)25-22-21(29)17(18(24)14-28(20)22)13-27-11-9-26(2)10-12-27/h4-8,14,29H,3,9-13,15H2,1-2H3. The van der Waals surface area contributed by atoms with Gasteiger partial charge in [-0.15, -0.1) is 11.8 Å². The first kappa shape index (κ1) is 23.1. The number of hydrogen-bond donors (Lipinski definition) is 1. The number of aromatic nitrogens is 2. The van der Waals surface area contributed by atoms with E-state index in [1.165, 1.54) is 0 Å². The molecule has 0 unspecified atom stereocenters. The topological polar surface area (TPSA) is 70.3 Å². The lowest BCUT2D eigenvalue weighted by Gasteiger charge is -2.32. The van der Waals surface area contributed by atoms with Crippen LogP contribution in [-0.4, -0.2) is 70.1 Å². The summed E-state index contributed by atoms with van der Waals surface area (Å²) in [4.78, 5) is 23.2. The molecule has 4 rings (SSSR count). The lowest BCUT2D eigenvalue weighted by atomic mass is 10.2. The van der Waals surface area contributed by atoms with Crippen molar-refractivity contribution in [3.63, 3.8) is 0 Å². The summed E-state index contributed by atoms with van der Waals surface area (Å²) in [7, 11) is 2.12. The summed E-state index contributed by atoms with van der Waals surface area (Å²) in [5, 5.41) is 11.1. The number of carbonyl (C=O) groups is 1. The summed E-state index contributed by atoms with van der Waals surface area (Å²) < 4.78 is 7.70. The van der Waals surface area contributed by atoms with Gasteiger partial charge in [-0.25, -0.2) is 9.78 Å². The number of pyridine rings is 1. The fourth-order valence-electron chi connectivity index (χ4n) is 3.78. The zero-order chi connectivity index (χ0) is 22.7. The molecule has 32 heavy (non-hydrogen) atoms. The first-order chi connectivity index (χ1) is 15.5. The number of benzene rings is 1. The van der Waals surface area contributed by atoms with Crippen molar-refractivity contribution in [2.45, 2.75) is 24.1 Å². The molecule has 1 aliphatic rings. The maximum atomic E-state index is 12.8. The molecule has 0 spiro atoms. The molecule has 0 bridgehead atoms. The Bertz CT molecular complexity index is 1100. The van der Waals surface area contributed by atoms with E-state index < -0.39 is 5.97 Å². The number of piperazine rings is 1. The van der Waals surface area contributed by atoms with Gasteiger partial charge in [-0.3, -0.25) is 9.30 Å². The Balaban J connectivity index is 1.70. The predicted molar refractivity (Wildman–Crippen MR) is 129 cm³/mol. The molecule has 3 aromatic rings. The van der Waals surface area contributed by atoms with E-state index in [2.05, 4.69) is 37.8 Å². The number of nitrogens with zero attached hydrogens (tertiary/aromatic N) is 4. The molecule has 7 nitrogen and oxygen atoms in total. The predicted octanol–water partition coefficient (Wildman–Crippen LogP) is 4.02. The van der Waals surface area contributed by atoms with Crippen molar-refractivity contribution in [2.24, 2.45) is 0 Å². The van der Waals surface area contributed by atoms with Crippen LogP contribution in [0.1, 0.15) is 28.7 Å². The van der Waals surface area contributed by atoms with E-state index in [0.29, 0.717) is 29.3 Å². The van der Waals surface area contributed by atoms with Crippen LogP contribution in [0.4, 0.5) is 0 Å². The molecule has 1 aliphatic heterocycles. The minimum absolute atomic E-state index is 0.0970. The zero-order valence-corrected chi connectivity index (χ0v) is 20.7. The average molecular weight is 519 g/mol. The number of fused-ring (bicyclic) bond motifs is 1. The van der Waals surface area contributed by atoms with Crippen molar-refractivity contribution in [3.8, 4) is 5.75 Å². The minimum atomic E-state index is -0.443. The molecule has 3 heterocycles. The number of esters is 1. The molecular weight excluding hydrogens is 492 g/mol. The third-order valence-corrected chi connectivity index (χ3v) is 7.28. The Hall–Kier alpha value is -2.07. The van der Waals surface area contributed by atoms with E-state index in [-0.39, 0.29) is 12.4 Å².